The van der Waals surface area contributed by atoms with Crippen LogP contribution in [0.4, 0.5) is 19.0 Å². The fraction of sp³-hybridized carbons (Fsp3) is 0.375. The highest BCUT2D eigenvalue weighted by Gasteiger charge is 2.37. The van der Waals surface area contributed by atoms with Gasteiger partial charge < -0.3 is 19.6 Å². The van der Waals surface area contributed by atoms with Crippen molar-refractivity contribution in [1.82, 2.24) is 4.98 Å². The predicted molar refractivity (Wildman–Crippen MR) is 48.9 cm³/mol. The van der Waals surface area contributed by atoms with Crippen molar-refractivity contribution in [2.75, 3.05) is 7.11 Å². The number of alkyl halides is 3. The number of nitrogens with zero attached hydrogens (tertiary/aromatic N) is 2. The second-order valence-corrected chi connectivity index (χ2v) is 2.91. The van der Waals surface area contributed by atoms with Gasteiger partial charge in [-0.1, -0.05) is 0 Å². The maximum absolute atomic E-state index is 12.1. The lowest BCUT2D eigenvalue weighted by Gasteiger charge is -2.12. The maximum Gasteiger partial charge on any atom is 0.573 e. The minimum absolute atomic E-state index is 0.0325. The van der Waals surface area contributed by atoms with Gasteiger partial charge in [0, 0.05) is 5.56 Å². The number of rotatable bonds is 3. The molecule has 1 rings (SSSR count). The van der Waals surface area contributed by atoms with Gasteiger partial charge in [-0.3, -0.25) is 0 Å². The van der Waals surface area contributed by atoms with Gasteiger partial charge in [0.15, 0.2) is 11.9 Å². The monoisotopic (exact) mass is 252 g/mol. The highest BCUT2D eigenvalue weighted by atomic mass is 19.4. The molecule has 0 fully saturated rings. The molecule has 0 N–H and O–H groups in total. The third-order valence-corrected chi connectivity index (χ3v) is 1.83. The Labute approximate surface area is 93.1 Å². The summed E-state index contributed by atoms with van der Waals surface area (Å²) in [6.45, 7) is 1.20. The molecule has 0 aliphatic rings. The first kappa shape index (κ1) is 13.0. The molecule has 1 heterocycles. The third-order valence-electron chi connectivity index (χ3n) is 1.83. The molecule has 0 bridgehead atoms. The molecule has 0 atom stereocenters. The van der Waals surface area contributed by atoms with Crippen molar-refractivity contribution in [3.63, 3.8) is 0 Å². The molecule has 0 aliphatic heterocycles. The summed E-state index contributed by atoms with van der Waals surface area (Å²) >= 11 is 0. The molecule has 0 amide bonds. The van der Waals surface area contributed by atoms with Gasteiger partial charge in [-0.15, -0.1) is 13.2 Å². The molecule has 1 aromatic rings. The minimum Gasteiger partial charge on any atom is -0.492 e. The van der Waals surface area contributed by atoms with Crippen molar-refractivity contribution >= 4 is 5.82 Å². The van der Waals surface area contributed by atoms with Gasteiger partial charge in [-0.2, -0.15) is 0 Å². The predicted octanol–water partition coefficient (Wildman–Crippen LogP) is 2.21. The second kappa shape index (κ2) is 4.44. The number of hydrogen-bond donors (Lipinski definition) is 0. The van der Waals surface area contributed by atoms with E-state index in [4.69, 9.17) is 4.74 Å². The Hall–Kier alpha value is -2.06. The molecule has 0 unspecified atom stereocenters. The molecule has 0 radical (unpaired) electrons. The highest BCUT2D eigenvalue weighted by molar-refractivity contribution is 5.51. The van der Waals surface area contributed by atoms with Gasteiger partial charge in [-0.05, 0) is 16.8 Å². The van der Waals surface area contributed by atoms with Crippen LogP contribution in [0.15, 0.2) is 6.20 Å². The molecule has 0 saturated heterocycles. The molecular formula is C8H7F3N2O4. The van der Waals surface area contributed by atoms with E-state index >= 15 is 0 Å². The van der Waals surface area contributed by atoms with Crippen LogP contribution in [0.25, 0.3) is 0 Å². The maximum atomic E-state index is 12.1. The average Bonchev–Trinajstić information content (AvgIpc) is 2.18. The lowest BCUT2D eigenvalue weighted by atomic mass is 10.2. The first-order valence-electron chi connectivity index (χ1n) is 4.20. The van der Waals surface area contributed by atoms with Gasteiger partial charge >= 0.3 is 12.2 Å². The number of hydrogen-bond acceptors (Lipinski definition) is 5. The summed E-state index contributed by atoms with van der Waals surface area (Å²) in [5, 5.41) is 10.5. The number of methoxy groups -OCH3 is 1. The highest BCUT2D eigenvalue weighted by Crippen LogP contribution is 2.37. The Morgan fingerprint density at radius 3 is 2.47 bits per heavy atom. The van der Waals surface area contributed by atoms with Crippen molar-refractivity contribution in [1.29, 1.82) is 0 Å². The van der Waals surface area contributed by atoms with E-state index in [0.29, 0.717) is 0 Å². The van der Waals surface area contributed by atoms with E-state index in [1.807, 2.05) is 0 Å². The molecule has 6 nitrogen and oxygen atoms in total. The van der Waals surface area contributed by atoms with Crippen LogP contribution in [-0.4, -0.2) is 23.4 Å². The summed E-state index contributed by atoms with van der Waals surface area (Å²) in [5.74, 6) is -2.02. The smallest absolute Gasteiger partial charge is 0.492 e. The zero-order chi connectivity index (χ0) is 13.2. The summed E-state index contributed by atoms with van der Waals surface area (Å²) in [7, 11) is 1.20. The van der Waals surface area contributed by atoms with Crippen LogP contribution in [0.2, 0.25) is 0 Å². The summed E-state index contributed by atoms with van der Waals surface area (Å²) in [6.07, 6.45) is -4.08. The fourth-order valence-electron chi connectivity index (χ4n) is 1.13. The van der Waals surface area contributed by atoms with Crippen LogP contribution >= 0.6 is 0 Å². The SMILES string of the molecule is COc1cnc([N+](=O)[O-])c(OC(F)(F)F)c1C. The van der Waals surface area contributed by atoms with E-state index in [2.05, 4.69) is 9.72 Å². The van der Waals surface area contributed by atoms with Crippen molar-refractivity contribution < 1.29 is 27.6 Å². The van der Waals surface area contributed by atoms with Gasteiger partial charge in [-0.25, -0.2) is 0 Å². The average molecular weight is 252 g/mol. The lowest BCUT2D eigenvalue weighted by Crippen LogP contribution is -2.19. The molecule has 1 aromatic heterocycles. The quantitative estimate of drug-likeness (QED) is 0.609. The number of aromatic nitrogens is 1. The first-order chi connectivity index (χ1) is 7.76. The Kier molecular flexibility index (Phi) is 3.39. The molecule has 0 aliphatic carbocycles. The number of ether oxygens (including phenoxy) is 2. The van der Waals surface area contributed by atoms with Crippen molar-refractivity contribution in [2.24, 2.45) is 0 Å². The molecule has 94 valence electrons. The summed E-state index contributed by atoms with van der Waals surface area (Å²) < 4.78 is 44.5. The topological polar surface area (TPSA) is 74.5 Å². The van der Waals surface area contributed by atoms with E-state index < -0.39 is 22.9 Å². The Balaban J connectivity index is 3.35. The van der Waals surface area contributed by atoms with Gasteiger partial charge in [0.05, 0.1) is 7.11 Å². The van der Waals surface area contributed by atoms with E-state index in [0.717, 1.165) is 6.20 Å². The Morgan fingerprint density at radius 1 is 1.47 bits per heavy atom. The molecule has 17 heavy (non-hydrogen) atoms. The third kappa shape index (κ3) is 2.95. The zero-order valence-electron chi connectivity index (χ0n) is 8.74. The van der Waals surface area contributed by atoms with Crippen molar-refractivity contribution in [3.05, 3.63) is 21.9 Å². The molecule has 9 heteroatoms. The standard InChI is InChI=1S/C8H7F3N2O4/c1-4-5(16-2)3-12-7(13(14)15)6(4)17-8(9,10)11/h3H,1-2H3. The fourth-order valence-corrected chi connectivity index (χ4v) is 1.13. The molecule has 0 spiro atoms. The van der Waals surface area contributed by atoms with Gasteiger partial charge in [0.25, 0.3) is 0 Å². The van der Waals surface area contributed by atoms with Crippen LogP contribution < -0.4 is 9.47 Å². The van der Waals surface area contributed by atoms with Crippen molar-refractivity contribution in [3.8, 4) is 11.5 Å². The summed E-state index contributed by atoms with van der Waals surface area (Å²) in [4.78, 5) is 12.7. The van der Waals surface area contributed by atoms with Crippen molar-refractivity contribution in [2.45, 2.75) is 13.3 Å². The van der Waals surface area contributed by atoms with Crippen LogP contribution in [0.3, 0.4) is 0 Å². The van der Waals surface area contributed by atoms with E-state index in [1.165, 1.54) is 14.0 Å². The van der Waals surface area contributed by atoms with Crippen LogP contribution in [0.5, 0.6) is 11.5 Å². The molecular weight excluding hydrogens is 245 g/mol. The number of nitro groups is 1. The van der Waals surface area contributed by atoms with Crippen LogP contribution in [-0.2, 0) is 0 Å². The van der Waals surface area contributed by atoms with Crippen LogP contribution in [0, 0.1) is 17.0 Å². The number of pyridine rings is 1. The van der Waals surface area contributed by atoms with Crippen LogP contribution in [0.1, 0.15) is 5.56 Å². The summed E-state index contributed by atoms with van der Waals surface area (Å²) in [5.41, 5.74) is -0.147. The van der Waals surface area contributed by atoms with E-state index in [9.17, 15) is 23.3 Å². The molecule has 0 saturated carbocycles. The number of halogens is 3. The normalized spacial score (nSPS) is 11.1. The Bertz CT molecular complexity index is 447. The summed E-state index contributed by atoms with van der Waals surface area (Å²) in [6, 6.07) is 0. The van der Waals surface area contributed by atoms with Gasteiger partial charge in [0.1, 0.15) is 0 Å². The Morgan fingerprint density at radius 2 is 2.06 bits per heavy atom. The van der Waals surface area contributed by atoms with E-state index in [1.54, 1.807) is 0 Å². The van der Waals surface area contributed by atoms with Gasteiger partial charge in [0.2, 0.25) is 5.75 Å². The second-order valence-electron chi connectivity index (χ2n) is 2.91. The zero-order valence-corrected chi connectivity index (χ0v) is 8.74. The first-order valence-corrected chi connectivity index (χ1v) is 4.20. The van der Waals surface area contributed by atoms with E-state index in [-0.39, 0.29) is 11.3 Å². The largest absolute Gasteiger partial charge is 0.573 e. The molecule has 0 aromatic carbocycles. The lowest BCUT2D eigenvalue weighted by molar-refractivity contribution is -0.393. The minimum atomic E-state index is -5.04.